The predicted octanol–water partition coefficient (Wildman–Crippen LogP) is 4.59. The van der Waals surface area contributed by atoms with E-state index in [-0.39, 0.29) is 32.1 Å². The lowest BCUT2D eigenvalue weighted by Crippen LogP contribution is -2.36. The Morgan fingerprint density at radius 3 is 2.56 bits per heavy atom. The maximum atomic E-state index is 12.9. The molecule has 1 N–H and O–H groups in total. The summed E-state index contributed by atoms with van der Waals surface area (Å²) in [6.07, 6.45) is 2.17. The van der Waals surface area contributed by atoms with Gasteiger partial charge in [-0.3, -0.25) is 0 Å². The van der Waals surface area contributed by atoms with Crippen LogP contribution in [0.4, 0.5) is 18.9 Å². The van der Waals surface area contributed by atoms with Crippen LogP contribution in [-0.2, 0) is 9.47 Å². The summed E-state index contributed by atoms with van der Waals surface area (Å²) in [5, 5.41) is 17.8. The van der Waals surface area contributed by atoms with Crippen molar-refractivity contribution in [2.24, 2.45) is 0 Å². The van der Waals surface area contributed by atoms with E-state index in [4.69, 9.17) is 26.4 Å². The molecular formula is C23H22F3N3O3. The van der Waals surface area contributed by atoms with Crippen LogP contribution in [0.5, 0.6) is 0 Å². The number of ether oxygens (including phenoxy) is 2. The number of hydrogen-bond acceptors (Lipinski definition) is 5. The van der Waals surface area contributed by atoms with Gasteiger partial charge in [0.05, 0.1) is 32.5 Å². The third-order valence-corrected chi connectivity index (χ3v) is 4.24. The van der Waals surface area contributed by atoms with Crippen molar-refractivity contribution in [2.75, 3.05) is 37.8 Å². The Morgan fingerprint density at radius 2 is 1.97 bits per heavy atom. The highest BCUT2D eigenvalue weighted by Gasteiger charge is 2.30. The summed E-state index contributed by atoms with van der Waals surface area (Å²) >= 11 is 0. The van der Waals surface area contributed by atoms with Gasteiger partial charge in [0.2, 0.25) is 0 Å². The average Bonchev–Trinajstić information content (AvgIpc) is 2.74. The minimum atomic E-state index is -4.37. The van der Waals surface area contributed by atoms with E-state index < -0.39 is 12.7 Å². The largest absolute Gasteiger partial charge is 0.462 e. The van der Waals surface area contributed by atoms with Crippen LogP contribution in [0.25, 0.3) is 10.9 Å². The number of rotatable bonds is 9. The first-order chi connectivity index (χ1) is 15.3. The molecular weight excluding hydrogens is 423 g/mol. The van der Waals surface area contributed by atoms with Crippen molar-refractivity contribution in [3.05, 3.63) is 82.3 Å². The van der Waals surface area contributed by atoms with Crippen molar-refractivity contribution in [2.45, 2.75) is 13.1 Å². The average molecular weight is 445 g/mol. The molecule has 0 unspecified atom stereocenters. The van der Waals surface area contributed by atoms with Crippen LogP contribution >= 0.6 is 0 Å². The second kappa shape index (κ2) is 11.8. The molecule has 32 heavy (non-hydrogen) atoms. The quantitative estimate of drug-likeness (QED) is 0.342. The standard InChI is InChI=1S/C23H22F3N3O3/c1-17-13-19(22(15-27)28-2)14-21(32-17)8-5-18-3-6-20(7-4-18)29(16-23(24,25)26)9-11-31-12-10-30/h3-8,13-14,30H,9-12,16H2,1H3/b8-5+,22-19+. The topological polar surface area (TPSA) is 70.1 Å². The van der Waals surface area contributed by atoms with Gasteiger partial charge in [-0.2, -0.15) is 13.2 Å². The summed E-state index contributed by atoms with van der Waals surface area (Å²) in [6, 6.07) is 8.35. The van der Waals surface area contributed by atoms with Crippen LogP contribution in [-0.4, -0.2) is 44.2 Å². The Morgan fingerprint density at radius 1 is 1.25 bits per heavy atom. The highest BCUT2D eigenvalue weighted by molar-refractivity contribution is 5.59. The first-order valence-corrected chi connectivity index (χ1v) is 9.64. The molecule has 0 bridgehead atoms. The molecule has 0 saturated carbocycles. The maximum absolute atomic E-state index is 12.9. The van der Waals surface area contributed by atoms with Crippen molar-refractivity contribution in [3.8, 4) is 6.07 Å². The molecule has 6 nitrogen and oxygen atoms in total. The predicted molar refractivity (Wildman–Crippen MR) is 114 cm³/mol. The van der Waals surface area contributed by atoms with Gasteiger partial charge in [0.1, 0.15) is 18.1 Å². The third kappa shape index (κ3) is 7.95. The SMILES string of the molecule is [C-]#[N+]/C(C#N)=C1\C=C(C)OC(/C=C/c2ccc(N(CCOCCO)CC(F)(F)F)cc2)=C1. The molecule has 0 radical (unpaired) electrons. The molecule has 0 fully saturated rings. The third-order valence-electron chi connectivity index (χ3n) is 4.24. The van der Waals surface area contributed by atoms with E-state index in [9.17, 15) is 13.2 Å². The molecule has 2 rings (SSSR count). The number of aliphatic hydroxyl groups excluding tert-OH is 1. The van der Waals surface area contributed by atoms with Crippen molar-refractivity contribution >= 4 is 11.8 Å². The normalized spacial score (nSPS) is 15.3. The minimum absolute atomic E-state index is 0.0262. The van der Waals surface area contributed by atoms with E-state index in [1.165, 1.54) is 0 Å². The fraction of sp³-hybridized carbons (Fsp3) is 0.304. The van der Waals surface area contributed by atoms with Gasteiger partial charge in [0.25, 0.3) is 5.70 Å². The van der Waals surface area contributed by atoms with Crippen molar-refractivity contribution in [1.82, 2.24) is 0 Å². The fourth-order valence-electron chi connectivity index (χ4n) is 2.86. The number of hydrogen-bond donors (Lipinski definition) is 1. The summed E-state index contributed by atoms with van der Waals surface area (Å²) in [5.74, 6) is 0.959. The number of allylic oxidation sites excluding steroid dienone is 6. The second-order valence-corrected chi connectivity index (χ2v) is 6.73. The summed E-state index contributed by atoms with van der Waals surface area (Å²) in [7, 11) is 0. The Labute approximate surface area is 184 Å². The summed E-state index contributed by atoms with van der Waals surface area (Å²) in [4.78, 5) is 4.36. The lowest BCUT2D eigenvalue weighted by Gasteiger charge is -2.26. The van der Waals surface area contributed by atoms with Crippen molar-refractivity contribution in [1.29, 1.82) is 5.26 Å². The number of alkyl halides is 3. The van der Waals surface area contributed by atoms with E-state index in [2.05, 4.69) is 4.85 Å². The number of aliphatic hydroxyl groups is 1. The number of benzene rings is 1. The Hall–Kier alpha value is -3.53. The van der Waals surface area contributed by atoms with Crippen LogP contribution in [0, 0.1) is 17.9 Å². The molecule has 1 heterocycles. The van der Waals surface area contributed by atoms with E-state index in [1.54, 1.807) is 55.5 Å². The zero-order chi connectivity index (χ0) is 23.6. The van der Waals surface area contributed by atoms with Crippen LogP contribution in [0.3, 0.4) is 0 Å². The number of nitrogens with zero attached hydrogens (tertiary/aromatic N) is 3. The summed E-state index contributed by atoms with van der Waals surface area (Å²) in [6.45, 7) is 7.62. The van der Waals surface area contributed by atoms with Gasteiger partial charge in [-0.15, -0.1) is 0 Å². The number of anilines is 1. The van der Waals surface area contributed by atoms with Crippen molar-refractivity contribution < 1.29 is 27.8 Å². The highest BCUT2D eigenvalue weighted by atomic mass is 19.4. The van der Waals surface area contributed by atoms with E-state index in [1.807, 2.05) is 6.07 Å². The van der Waals surface area contributed by atoms with Crippen molar-refractivity contribution in [3.63, 3.8) is 0 Å². The summed E-state index contributed by atoms with van der Waals surface area (Å²) < 4.78 is 49.5. The molecule has 1 aliphatic heterocycles. The van der Waals surface area contributed by atoms with Crippen LogP contribution < -0.4 is 4.90 Å². The molecule has 168 valence electrons. The number of nitriles is 1. The molecule has 0 aromatic heterocycles. The fourth-order valence-corrected chi connectivity index (χ4v) is 2.86. The smallest absolute Gasteiger partial charge is 0.405 e. The van der Waals surface area contributed by atoms with Gasteiger partial charge >= 0.3 is 6.18 Å². The van der Waals surface area contributed by atoms with Crippen LogP contribution in [0.15, 0.2) is 65.3 Å². The zero-order valence-electron chi connectivity index (χ0n) is 17.4. The molecule has 0 aliphatic carbocycles. The lowest BCUT2D eigenvalue weighted by molar-refractivity contribution is -0.120. The van der Waals surface area contributed by atoms with Gasteiger partial charge in [-0.1, -0.05) is 18.2 Å². The van der Waals surface area contributed by atoms with Gasteiger partial charge < -0.3 is 19.5 Å². The van der Waals surface area contributed by atoms with E-state index >= 15 is 0 Å². The van der Waals surface area contributed by atoms with Crippen LogP contribution in [0.2, 0.25) is 0 Å². The van der Waals surface area contributed by atoms with E-state index in [0.717, 1.165) is 10.5 Å². The molecule has 9 heteroatoms. The number of halogens is 3. The minimum Gasteiger partial charge on any atom is -0.462 e. The zero-order valence-corrected chi connectivity index (χ0v) is 17.4. The summed E-state index contributed by atoms with van der Waals surface area (Å²) in [5.41, 5.74) is 1.52. The second-order valence-electron chi connectivity index (χ2n) is 6.73. The van der Waals surface area contributed by atoms with Crippen LogP contribution in [0.1, 0.15) is 12.5 Å². The molecule has 0 saturated heterocycles. The molecule has 0 spiro atoms. The Kier molecular flexibility index (Phi) is 9.08. The first kappa shape index (κ1) is 24.7. The first-order valence-electron chi connectivity index (χ1n) is 9.64. The molecule has 1 aromatic carbocycles. The maximum Gasteiger partial charge on any atom is 0.405 e. The van der Waals surface area contributed by atoms with Gasteiger partial charge in [0.15, 0.2) is 0 Å². The van der Waals surface area contributed by atoms with Gasteiger partial charge in [0, 0.05) is 12.2 Å². The highest BCUT2D eigenvalue weighted by Crippen LogP contribution is 2.25. The molecule has 1 aromatic rings. The van der Waals surface area contributed by atoms with Gasteiger partial charge in [-0.05, 0) is 48.4 Å². The van der Waals surface area contributed by atoms with E-state index in [0.29, 0.717) is 22.8 Å². The lowest BCUT2D eigenvalue weighted by atomic mass is 10.1. The molecule has 0 amide bonds. The monoisotopic (exact) mass is 445 g/mol. The van der Waals surface area contributed by atoms with Gasteiger partial charge in [-0.25, -0.2) is 10.1 Å². The Bertz CT molecular complexity index is 979. The molecule has 0 atom stereocenters. The Balaban J connectivity index is 2.15. The molecule has 1 aliphatic rings.